The number of esters is 3. The molecule has 0 bridgehead atoms. The molecule has 1 aliphatic heterocycles. The average molecular weight is 462 g/mol. The first kappa shape index (κ1) is 20.5. The first-order chi connectivity index (χ1) is 13.8. The number of carbonyl (C=O) groups is 4. The lowest BCUT2D eigenvalue weighted by Crippen LogP contribution is -2.38. The molecule has 29 heavy (non-hydrogen) atoms. The number of carbonyl (C=O) groups excluding carboxylic acids is 4. The number of fused-ring (bicyclic) bond motifs is 1. The van der Waals surface area contributed by atoms with Crippen LogP contribution in [0.25, 0.3) is 0 Å². The first-order valence-electron chi connectivity index (χ1n) is 8.45. The summed E-state index contributed by atoms with van der Waals surface area (Å²) in [7, 11) is 2.41. The lowest BCUT2D eigenvalue weighted by molar-refractivity contribution is -0.125. The van der Waals surface area contributed by atoms with Crippen molar-refractivity contribution in [1.82, 2.24) is 0 Å². The van der Waals surface area contributed by atoms with Gasteiger partial charge in [0.25, 0.3) is 5.91 Å². The molecule has 1 aliphatic rings. The van der Waals surface area contributed by atoms with Gasteiger partial charge in [-0.2, -0.15) is 0 Å². The molecule has 1 amide bonds. The fourth-order valence-corrected chi connectivity index (χ4v) is 3.31. The number of nitrogens with one attached hydrogen (secondary N) is 1. The maximum atomic E-state index is 12.8. The number of anilines is 1. The highest BCUT2D eigenvalue weighted by Gasteiger charge is 2.32. The molecule has 1 atom stereocenters. The Bertz CT molecular complexity index is 1020. The molecule has 2 aromatic rings. The van der Waals surface area contributed by atoms with E-state index in [0.29, 0.717) is 11.1 Å². The fraction of sp³-hybridized carbons (Fsp3) is 0.200. The van der Waals surface area contributed by atoms with Crippen LogP contribution in [-0.2, 0) is 25.4 Å². The summed E-state index contributed by atoms with van der Waals surface area (Å²) in [6.45, 7) is 0. The van der Waals surface area contributed by atoms with Crippen LogP contribution in [0, 0.1) is 0 Å². The third kappa shape index (κ3) is 4.29. The van der Waals surface area contributed by atoms with Crippen LogP contribution in [-0.4, -0.2) is 44.1 Å². The van der Waals surface area contributed by atoms with Gasteiger partial charge in [0.2, 0.25) is 0 Å². The SMILES string of the molecule is COC(=O)c1ccc(C(=O)OC)c(NC(=O)C2Cc3cc(Br)ccc3C(=O)O2)c1. The van der Waals surface area contributed by atoms with Crippen LogP contribution in [0.1, 0.15) is 36.6 Å². The molecule has 2 aromatic carbocycles. The van der Waals surface area contributed by atoms with E-state index in [2.05, 4.69) is 26.0 Å². The molecular formula is C20H16BrNO7. The normalized spacial score (nSPS) is 15.0. The van der Waals surface area contributed by atoms with Crippen molar-refractivity contribution in [3.63, 3.8) is 0 Å². The molecule has 8 nitrogen and oxygen atoms in total. The number of benzene rings is 2. The summed E-state index contributed by atoms with van der Waals surface area (Å²) in [5.74, 6) is -2.60. The predicted molar refractivity (Wildman–Crippen MR) is 105 cm³/mol. The number of methoxy groups -OCH3 is 2. The van der Waals surface area contributed by atoms with Crippen molar-refractivity contribution in [1.29, 1.82) is 0 Å². The van der Waals surface area contributed by atoms with Gasteiger partial charge < -0.3 is 19.5 Å². The van der Waals surface area contributed by atoms with Crippen LogP contribution in [0.2, 0.25) is 0 Å². The molecule has 9 heteroatoms. The summed E-state index contributed by atoms with van der Waals surface area (Å²) >= 11 is 3.33. The number of amides is 1. The monoisotopic (exact) mass is 461 g/mol. The number of ether oxygens (including phenoxy) is 3. The fourth-order valence-electron chi connectivity index (χ4n) is 2.90. The largest absolute Gasteiger partial charge is 0.465 e. The van der Waals surface area contributed by atoms with Gasteiger partial charge in [-0.25, -0.2) is 14.4 Å². The molecule has 0 saturated heterocycles. The second-order valence-electron chi connectivity index (χ2n) is 6.13. The standard InChI is InChI=1S/C20H16BrNO7/c1-27-18(24)10-3-5-14(19(25)28-2)15(8-10)22-17(23)16-9-11-7-12(21)4-6-13(11)20(26)29-16/h3-8,16H,9H2,1-2H3,(H,22,23). The molecule has 0 fully saturated rings. The van der Waals surface area contributed by atoms with E-state index in [1.54, 1.807) is 18.2 Å². The van der Waals surface area contributed by atoms with Gasteiger partial charge in [-0.05, 0) is 42.0 Å². The van der Waals surface area contributed by atoms with E-state index in [9.17, 15) is 19.2 Å². The summed E-state index contributed by atoms with van der Waals surface area (Å²) in [5.41, 5.74) is 1.26. The lowest BCUT2D eigenvalue weighted by Gasteiger charge is -2.24. The summed E-state index contributed by atoms with van der Waals surface area (Å²) < 4.78 is 15.4. The van der Waals surface area contributed by atoms with Crippen molar-refractivity contribution in [3.8, 4) is 0 Å². The van der Waals surface area contributed by atoms with Gasteiger partial charge in [0.05, 0.1) is 36.6 Å². The Kier molecular flexibility index (Phi) is 5.97. The van der Waals surface area contributed by atoms with Gasteiger partial charge in [-0.3, -0.25) is 4.79 Å². The molecule has 0 aliphatic carbocycles. The van der Waals surface area contributed by atoms with Crippen molar-refractivity contribution in [2.45, 2.75) is 12.5 Å². The Balaban J connectivity index is 1.89. The highest BCUT2D eigenvalue weighted by molar-refractivity contribution is 9.10. The van der Waals surface area contributed by atoms with Crippen LogP contribution >= 0.6 is 15.9 Å². The number of cyclic esters (lactones) is 1. The molecule has 150 valence electrons. The third-order valence-corrected chi connectivity index (χ3v) is 4.83. The minimum absolute atomic E-state index is 0.0405. The molecule has 0 saturated carbocycles. The summed E-state index contributed by atoms with van der Waals surface area (Å²) in [4.78, 5) is 48.8. The van der Waals surface area contributed by atoms with E-state index in [0.717, 1.165) is 4.47 Å². The summed E-state index contributed by atoms with van der Waals surface area (Å²) in [6.07, 6.45) is -0.937. The van der Waals surface area contributed by atoms with E-state index >= 15 is 0 Å². The van der Waals surface area contributed by atoms with E-state index in [1.165, 1.54) is 32.4 Å². The van der Waals surface area contributed by atoms with Gasteiger partial charge in [-0.1, -0.05) is 15.9 Å². The summed E-state index contributed by atoms with van der Waals surface area (Å²) in [5, 5.41) is 2.54. The number of hydrogen-bond donors (Lipinski definition) is 1. The second kappa shape index (κ2) is 8.44. The Morgan fingerprint density at radius 2 is 1.79 bits per heavy atom. The quantitative estimate of drug-likeness (QED) is 0.550. The average Bonchev–Trinajstić information content (AvgIpc) is 2.72. The number of hydrogen-bond acceptors (Lipinski definition) is 7. The first-order valence-corrected chi connectivity index (χ1v) is 9.24. The molecule has 1 heterocycles. The maximum Gasteiger partial charge on any atom is 0.339 e. The van der Waals surface area contributed by atoms with Gasteiger partial charge in [0.15, 0.2) is 6.10 Å². The Hall–Kier alpha value is -3.20. The Morgan fingerprint density at radius 3 is 2.48 bits per heavy atom. The number of halogens is 1. The smallest absolute Gasteiger partial charge is 0.339 e. The van der Waals surface area contributed by atoms with E-state index in [1.807, 2.05) is 0 Å². The highest BCUT2D eigenvalue weighted by Crippen LogP contribution is 2.26. The zero-order valence-corrected chi connectivity index (χ0v) is 17.1. The van der Waals surface area contributed by atoms with Crippen LogP contribution in [0.4, 0.5) is 5.69 Å². The van der Waals surface area contributed by atoms with Gasteiger partial charge in [0, 0.05) is 10.9 Å². The second-order valence-corrected chi connectivity index (χ2v) is 7.05. The highest BCUT2D eigenvalue weighted by atomic mass is 79.9. The molecular weight excluding hydrogens is 446 g/mol. The zero-order valence-electron chi connectivity index (χ0n) is 15.5. The van der Waals surface area contributed by atoms with E-state index < -0.39 is 29.9 Å². The van der Waals surface area contributed by atoms with Crippen LogP contribution < -0.4 is 5.32 Å². The third-order valence-electron chi connectivity index (χ3n) is 4.34. The van der Waals surface area contributed by atoms with Crippen molar-refractivity contribution >= 4 is 45.4 Å². The number of rotatable bonds is 4. The van der Waals surface area contributed by atoms with Gasteiger partial charge in [0.1, 0.15) is 0 Å². The Labute approximate surface area is 174 Å². The summed E-state index contributed by atoms with van der Waals surface area (Å²) in [6, 6.07) is 9.08. The van der Waals surface area contributed by atoms with Crippen molar-refractivity contribution < 1.29 is 33.4 Å². The van der Waals surface area contributed by atoms with Crippen molar-refractivity contribution in [2.24, 2.45) is 0 Å². The minimum atomic E-state index is -1.10. The van der Waals surface area contributed by atoms with Crippen molar-refractivity contribution in [3.05, 3.63) is 63.1 Å². The zero-order chi connectivity index (χ0) is 21.1. The van der Waals surface area contributed by atoms with Crippen LogP contribution in [0.3, 0.4) is 0 Å². The maximum absolute atomic E-state index is 12.8. The molecule has 3 rings (SSSR count). The van der Waals surface area contributed by atoms with Crippen molar-refractivity contribution in [2.75, 3.05) is 19.5 Å². The van der Waals surface area contributed by atoms with Crippen LogP contribution in [0.15, 0.2) is 40.9 Å². The minimum Gasteiger partial charge on any atom is -0.465 e. The van der Waals surface area contributed by atoms with E-state index in [-0.39, 0.29) is 23.2 Å². The predicted octanol–water partition coefficient (Wildman–Crippen LogP) is 2.74. The Morgan fingerprint density at radius 1 is 1.07 bits per heavy atom. The molecule has 0 aromatic heterocycles. The molecule has 1 unspecified atom stereocenters. The molecule has 1 N–H and O–H groups in total. The van der Waals surface area contributed by atoms with Gasteiger partial charge in [-0.15, -0.1) is 0 Å². The molecule has 0 spiro atoms. The lowest BCUT2D eigenvalue weighted by atomic mass is 9.98. The molecule has 0 radical (unpaired) electrons. The van der Waals surface area contributed by atoms with Gasteiger partial charge >= 0.3 is 17.9 Å². The topological polar surface area (TPSA) is 108 Å². The van der Waals surface area contributed by atoms with E-state index in [4.69, 9.17) is 9.47 Å². The van der Waals surface area contributed by atoms with Crippen LogP contribution in [0.5, 0.6) is 0 Å².